The van der Waals surface area contributed by atoms with Crippen molar-refractivity contribution in [2.45, 2.75) is 44.2 Å². The lowest BCUT2D eigenvalue weighted by molar-refractivity contribution is 0.203. The number of halogens is 1. The SMILES string of the molecule is CN(c1ccnc(C2CC2)n1)C1CCN(Cc2cccc(F)c2)CC1. The van der Waals surface area contributed by atoms with Gasteiger partial charge in [-0.05, 0) is 49.4 Å². The fourth-order valence-electron chi connectivity index (χ4n) is 3.64. The van der Waals surface area contributed by atoms with Gasteiger partial charge in [0.15, 0.2) is 0 Å². The van der Waals surface area contributed by atoms with E-state index in [1.54, 1.807) is 12.1 Å². The van der Waals surface area contributed by atoms with Crippen molar-refractivity contribution >= 4 is 5.82 Å². The molecule has 1 aliphatic heterocycles. The summed E-state index contributed by atoms with van der Waals surface area (Å²) < 4.78 is 13.3. The maximum Gasteiger partial charge on any atom is 0.133 e. The van der Waals surface area contributed by atoms with E-state index >= 15 is 0 Å². The highest BCUT2D eigenvalue weighted by atomic mass is 19.1. The molecule has 0 atom stereocenters. The van der Waals surface area contributed by atoms with E-state index in [-0.39, 0.29) is 5.82 Å². The zero-order valence-corrected chi connectivity index (χ0v) is 14.7. The summed E-state index contributed by atoms with van der Waals surface area (Å²) in [5, 5.41) is 0. The van der Waals surface area contributed by atoms with Gasteiger partial charge in [-0.1, -0.05) is 12.1 Å². The van der Waals surface area contributed by atoms with Crippen LogP contribution in [0.25, 0.3) is 0 Å². The van der Waals surface area contributed by atoms with E-state index in [0.29, 0.717) is 12.0 Å². The van der Waals surface area contributed by atoms with Gasteiger partial charge in [0.05, 0.1) is 0 Å². The van der Waals surface area contributed by atoms with Crippen LogP contribution in [0.3, 0.4) is 0 Å². The van der Waals surface area contributed by atoms with Crippen molar-refractivity contribution in [3.8, 4) is 0 Å². The van der Waals surface area contributed by atoms with Crippen LogP contribution in [0.4, 0.5) is 10.2 Å². The predicted octanol–water partition coefficient (Wildman–Crippen LogP) is 3.59. The summed E-state index contributed by atoms with van der Waals surface area (Å²) in [6, 6.07) is 9.45. The number of piperidine rings is 1. The Balaban J connectivity index is 1.34. The van der Waals surface area contributed by atoms with Crippen LogP contribution in [0, 0.1) is 5.82 Å². The van der Waals surface area contributed by atoms with Gasteiger partial charge in [0.1, 0.15) is 17.5 Å². The Bertz CT molecular complexity index is 723. The van der Waals surface area contributed by atoms with Crippen molar-refractivity contribution in [2.24, 2.45) is 0 Å². The number of nitrogens with zero attached hydrogens (tertiary/aromatic N) is 4. The van der Waals surface area contributed by atoms with Gasteiger partial charge in [-0.15, -0.1) is 0 Å². The molecule has 4 rings (SSSR count). The Kier molecular flexibility index (Phi) is 4.66. The van der Waals surface area contributed by atoms with E-state index in [1.807, 2.05) is 18.3 Å². The van der Waals surface area contributed by atoms with E-state index in [0.717, 1.165) is 49.7 Å². The molecule has 1 aromatic heterocycles. The second kappa shape index (κ2) is 7.08. The molecule has 132 valence electrons. The molecule has 2 aliphatic rings. The summed E-state index contributed by atoms with van der Waals surface area (Å²) in [6.07, 6.45) is 6.56. The first-order valence-electron chi connectivity index (χ1n) is 9.21. The summed E-state index contributed by atoms with van der Waals surface area (Å²) in [5.41, 5.74) is 1.05. The van der Waals surface area contributed by atoms with Gasteiger partial charge in [-0.2, -0.15) is 0 Å². The third kappa shape index (κ3) is 3.98. The normalized spacial score (nSPS) is 19.1. The molecule has 4 nitrogen and oxygen atoms in total. The number of aromatic nitrogens is 2. The fraction of sp³-hybridized carbons (Fsp3) is 0.500. The van der Waals surface area contributed by atoms with Crippen molar-refractivity contribution in [1.29, 1.82) is 0 Å². The number of benzene rings is 1. The molecule has 1 aromatic carbocycles. The van der Waals surface area contributed by atoms with Crippen molar-refractivity contribution in [3.05, 3.63) is 53.7 Å². The van der Waals surface area contributed by atoms with Gasteiger partial charge in [0.2, 0.25) is 0 Å². The lowest BCUT2D eigenvalue weighted by atomic mass is 10.0. The Hall–Kier alpha value is -2.01. The number of hydrogen-bond donors (Lipinski definition) is 0. The van der Waals surface area contributed by atoms with Crippen LogP contribution in [-0.2, 0) is 6.54 Å². The monoisotopic (exact) mass is 340 g/mol. The van der Waals surface area contributed by atoms with Gasteiger partial charge >= 0.3 is 0 Å². The highest BCUT2D eigenvalue weighted by Gasteiger charge is 2.28. The number of anilines is 1. The lowest BCUT2D eigenvalue weighted by Gasteiger charge is -2.37. The maximum absolute atomic E-state index is 13.3. The maximum atomic E-state index is 13.3. The molecule has 25 heavy (non-hydrogen) atoms. The van der Waals surface area contributed by atoms with Crippen molar-refractivity contribution in [3.63, 3.8) is 0 Å². The Morgan fingerprint density at radius 1 is 1.16 bits per heavy atom. The van der Waals surface area contributed by atoms with E-state index in [9.17, 15) is 4.39 Å². The molecule has 0 bridgehead atoms. The second-order valence-electron chi connectivity index (χ2n) is 7.30. The first-order valence-corrected chi connectivity index (χ1v) is 9.21. The fourth-order valence-corrected chi connectivity index (χ4v) is 3.64. The minimum atomic E-state index is -0.151. The Labute approximate surface area is 148 Å². The smallest absolute Gasteiger partial charge is 0.133 e. The summed E-state index contributed by atoms with van der Waals surface area (Å²) >= 11 is 0. The first-order chi connectivity index (χ1) is 12.2. The molecule has 2 heterocycles. The molecule has 0 N–H and O–H groups in total. The molecule has 1 aliphatic carbocycles. The van der Waals surface area contributed by atoms with Crippen LogP contribution in [0.1, 0.15) is 43.0 Å². The van der Waals surface area contributed by atoms with Crippen LogP contribution < -0.4 is 4.90 Å². The molecule has 0 radical (unpaired) electrons. The van der Waals surface area contributed by atoms with Crippen LogP contribution in [0.5, 0.6) is 0 Å². The number of hydrogen-bond acceptors (Lipinski definition) is 4. The third-order valence-electron chi connectivity index (χ3n) is 5.36. The summed E-state index contributed by atoms with van der Waals surface area (Å²) in [7, 11) is 2.14. The van der Waals surface area contributed by atoms with Crippen LogP contribution in [0.2, 0.25) is 0 Å². The molecule has 2 fully saturated rings. The first kappa shape index (κ1) is 16.5. The van der Waals surface area contributed by atoms with Gasteiger partial charge in [0.25, 0.3) is 0 Å². The van der Waals surface area contributed by atoms with Crippen LogP contribution in [0.15, 0.2) is 36.5 Å². The molecule has 0 amide bonds. The van der Waals surface area contributed by atoms with E-state index in [4.69, 9.17) is 4.98 Å². The Morgan fingerprint density at radius 2 is 1.96 bits per heavy atom. The van der Waals surface area contributed by atoms with E-state index in [2.05, 4.69) is 21.8 Å². The molecular weight excluding hydrogens is 315 g/mol. The van der Waals surface area contributed by atoms with E-state index < -0.39 is 0 Å². The van der Waals surface area contributed by atoms with Crippen LogP contribution in [-0.4, -0.2) is 41.0 Å². The number of rotatable bonds is 5. The van der Waals surface area contributed by atoms with E-state index in [1.165, 1.54) is 18.9 Å². The molecule has 0 unspecified atom stereocenters. The van der Waals surface area contributed by atoms with Crippen molar-refractivity contribution in [1.82, 2.24) is 14.9 Å². The second-order valence-corrected chi connectivity index (χ2v) is 7.30. The molecule has 1 saturated heterocycles. The molecular formula is C20H25FN4. The summed E-state index contributed by atoms with van der Waals surface area (Å²) in [5.74, 6) is 2.48. The molecule has 1 saturated carbocycles. The summed E-state index contributed by atoms with van der Waals surface area (Å²) in [4.78, 5) is 13.9. The molecule has 0 spiro atoms. The van der Waals surface area contributed by atoms with Gasteiger partial charge in [0, 0.05) is 44.8 Å². The van der Waals surface area contributed by atoms with Gasteiger partial charge < -0.3 is 4.90 Å². The zero-order valence-electron chi connectivity index (χ0n) is 14.7. The average molecular weight is 340 g/mol. The van der Waals surface area contributed by atoms with Gasteiger partial charge in [-0.25, -0.2) is 14.4 Å². The number of likely N-dealkylation sites (tertiary alicyclic amines) is 1. The zero-order chi connectivity index (χ0) is 17.2. The van der Waals surface area contributed by atoms with Gasteiger partial charge in [-0.3, -0.25) is 4.90 Å². The summed E-state index contributed by atoms with van der Waals surface area (Å²) in [6.45, 7) is 2.89. The highest BCUT2D eigenvalue weighted by Crippen LogP contribution is 2.38. The third-order valence-corrected chi connectivity index (χ3v) is 5.36. The minimum absolute atomic E-state index is 0.151. The lowest BCUT2D eigenvalue weighted by Crippen LogP contribution is -2.43. The quantitative estimate of drug-likeness (QED) is 0.832. The standard InChI is InChI=1S/C20H25FN4/c1-24(19-7-10-22-20(23-19)16-5-6-16)18-8-11-25(12-9-18)14-15-3-2-4-17(21)13-15/h2-4,7,10,13,16,18H,5-6,8-9,11-12,14H2,1H3. The molecule has 2 aromatic rings. The van der Waals surface area contributed by atoms with Crippen LogP contribution >= 0.6 is 0 Å². The Morgan fingerprint density at radius 3 is 2.68 bits per heavy atom. The topological polar surface area (TPSA) is 32.3 Å². The molecule has 5 heteroatoms. The predicted molar refractivity (Wildman–Crippen MR) is 97.1 cm³/mol. The van der Waals surface area contributed by atoms with Crippen molar-refractivity contribution in [2.75, 3.05) is 25.0 Å². The van der Waals surface area contributed by atoms with Crippen molar-refractivity contribution < 1.29 is 4.39 Å². The largest absolute Gasteiger partial charge is 0.356 e. The average Bonchev–Trinajstić information content (AvgIpc) is 3.47. The minimum Gasteiger partial charge on any atom is -0.356 e. The highest BCUT2D eigenvalue weighted by molar-refractivity contribution is 5.38.